The van der Waals surface area contributed by atoms with Crippen molar-refractivity contribution in [1.82, 2.24) is 10.3 Å². The number of carbonyl (C=O) groups is 2. The molecule has 0 bridgehead atoms. The first kappa shape index (κ1) is 18.3. The first-order valence-corrected chi connectivity index (χ1v) is 9.96. The third-order valence-corrected chi connectivity index (χ3v) is 5.41. The van der Waals surface area contributed by atoms with Crippen molar-refractivity contribution in [3.63, 3.8) is 0 Å². The monoisotopic (exact) mass is 385 g/mol. The number of amides is 2. The molecular weight excluding hydrogens is 366 g/mol. The summed E-state index contributed by atoms with van der Waals surface area (Å²) in [5.74, 6) is -0.552. The van der Waals surface area contributed by atoms with Gasteiger partial charge in [-0.1, -0.05) is 50.2 Å². The molecular formula is C19H19N3O2S2. The van der Waals surface area contributed by atoms with E-state index in [9.17, 15) is 9.59 Å². The minimum atomic E-state index is -0.631. The van der Waals surface area contributed by atoms with Gasteiger partial charge in [0.15, 0.2) is 5.13 Å². The maximum absolute atomic E-state index is 12.6. The van der Waals surface area contributed by atoms with Gasteiger partial charge in [0.05, 0.1) is 10.6 Å². The van der Waals surface area contributed by atoms with Crippen LogP contribution in [0.4, 0.5) is 5.13 Å². The van der Waals surface area contributed by atoms with Crippen LogP contribution in [0.25, 0.3) is 11.3 Å². The molecule has 0 aliphatic carbocycles. The second-order valence-electron chi connectivity index (χ2n) is 6.07. The van der Waals surface area contributed by atoms with E-state index < -0.39 is 6.04 Å². The van der Waals surface area contributed by atoms with Gasteiger partial charge < -0.3 is 10.6 Å². The van der Waals surface area contributed by atoms with Crippen LogP contribution in [0.2, 0.25) is 0 Å². The Morgan fingerprint density at radius 2 is 1.81 bits per heavy atom. The smallest absolute Gasteiger partial charge is 0.262 e. The lowest BCUT2D eigenvalue weighted by Gasteiger charge is -2.20. The van der Waals surface area contributed by atoms with Gasteiger partial charge in [-0.05, 0) is 17.4 Å². The zero-order chi connectivity index (χ0) is 18.5. The molecule has 2 aromatic heterocycles. The number of thiazole rings is 1. The van der Waals surface area contributed by atoms with Crippen LogP contribution in [0.15, 0.2) is 53.2 Å². The molecule has 0 saturated carbocycles. The molecule has 2 heterocycles. The van der Waals surface area contributed by atoms with Crippen LogP contribution in [-0.2, 0) is 4.79 Å². The minimum absolute atomic E-state index is 0.0486. The highest BCUT2D eigenvalue weighted by Crippen LogP contribution is 2.25. The lowest BCUT2D eigenvalue weighted by atomic mass is 10.0. The highest BCUT2D eigenvalue weighted by Gasteiger charge is 2.25. The molecule has 26 heavy (non-hydrogen) atoms. The van der Waals surface area contributed by atoms with Crippen LogP contribution >= 0.6 is 22.7 Å². The molecule has 1 aromatic carbocycles. The first-order chi connectivity index (χ1) is 12.5. The number of nitrogens with zero attached hydrogens (tertiary/aromatic N) is 1. The molecule has 0 fully saturated rings. The topological polar surface area (TPSA) is 71.1 Å². The van der Waals surface area contributed by atoms with E-state index in [0.29, 0.717) is 10.0 Å². The Hall–Kier alpha value is -2.51. The average molecular weight is 386 g/mol. The maximum atomic E-state index is 12.6. The molecule has 0 saturated heterocycles. The van der Waals surface area contributed by atoms with Gasteiger partial charge >= 0.3 is 0 Å². The molecule has 1 atom stereocenters. The van der Waals surface area contributed by atoms with Crippen LogP contribution in [0.5, 0.6) is 0 Å². The quantitative estimate of drug-likeness (QED) is 0.666. The van der Waals surface area contributed by atoms with Gasteiger partial charge in [0.2, 0.25) is 5.91 Å². The number of aromatic nitrogens is 1. The summed E-state index contributed by atoms with van der Waals surface area (Å²) in [4.78, 5) is 30.0. The summed E-state index contributed by atoms with van der Waals surface area (Å²) >= 11 is 2.71. The summed E-state index contributed by atoms with van der Waals surface area (Å²) in [5, 5.41) is 9.89. The van der Waals surface area contributed by atoms with Crippen LogP contribution in [0, 0.1) is 5.92 Å². The fraction of sp³-hybridized carbons (Fsp3) is 0.211. The first-order valence-electron chi connectivity index (χ1n) is 8.21. The largest absolute Gasteiger partial charge is 0.339 e. The Bertz CT molecular complexity index is 873. The van der Waals surface area contributed by atoms with E-state index in [4.69, 9.17) is 0 Å². The van der Waals surface area contributed by atoms with Crippen molar-refractivity contribution in [2.45, 2.75) is 19.9 Å². The van der Waals surface area contributed by atoms with Gasteiger partial charge in [-0.25, -0.2) is 4.98 Å². The third-order valence-electron chi connectivity index (χ3n) is 3.78. The second-order valence-corrected chi connectivity index (χ2v) is 7.87. The SMILES string of the molecule is CC(C)C(NC(=O)c1cccs1)C(=O)Nc1nc(-c2ccccc2)cs1. The van der Waals surface area contributed by atoms with Gasteiger partial charge in [-0.2, -0.15) is 0 Å². The molecule has 1 unspecified atom stereocenters. The highest BCUT2D eigenvalue weighted by molar-refractivity contribution is 7.14. The number of thiophene rings is 1. The average Bonchev–Trinajstić information content (AvgIpc) is 3.32. The van der Waals surface area contributed by atoms with Gasteiger partial charge in [-0.15, -0.1) is 22.7 Å². The molecule has 7 heteroatoms. The number of nitrogens with one attached hydrogen (secondary N) is 2. The van der Waals surface area contributed by atoms with Crippen molar-refractivity contribution < 1.29 is 9.59 Å². The summed E-state index contributed by atoms with van der Waals surface area (Å²) < 4.78 is 0. The van der Waals surface area contributed by atoms with Crippen LogP contribution in [-0.4, -0.2) is 22.8 Å². The fourth-order valence-electron chi connectivity index (χ4n) is 2.41. The Morgan fingerprint density at radius 3 is 2.46 bits per heavy atom. The molecule has 2 N–H and O–H groups in total. The van der Waals surface area contributed by atoms with E-state index in [1.54, 1.807) is 6.07 Å². The Balaban J connectivity index is 1.68. The molecule has 134 valence electrons. The standard InChI is InChI=1S/C19H19N3O2S2/c1-12(2)16(21-17(23)15-9-6-10-25-15)18(24)22-19-20-14(11-26-19)13-7-4-3-5-8-13/h3-12,16H,1-2H3,(H,21,23)(H,20,22,24). The van der Waals surface area contributed by atoms with Crippen molar-refractivity contribution >= 4 is 39.6 Å². The molecule has 0 aliphatic heterocycles. The van der Waals surface area contributed by atoms with Gasteiger partial charge in [0, 0.05) is 10.9 Å². The lowest BCUT2D eigenvalue weighted by Crippen LogP contribution is -2.46. The molecule has 3 aromatic rings. The number of hydrogen-bond acceptors (Lipinski definition) is 5. The van der Waals surface area contributed by atoms with E-state index in [-0.39, 0.29) is 17.7 Å². The fourth-order valence-corrected chi connectivity index (χ4v) is 3.76. The highest BCUT2D eigenvalue weighted by atomic mass is 32.1. The van der Waals surface area contributed by atoms with Gasteiger partial charge in [0.25, 0.3) is 5.91 Å². The number of anilines is 1. The van der Waals surface area contributed by atoms with Crippen LogP contribution < -0.4 is 10.6 Å². The zero-order valence-corrected chi connectivity index (χ0v) is 16.1. The molecule has 2 amide bonds. The summed E-state index contributed by atoms with van der Waals surface area (Å²) in [7, 11) is 0. The molecule has 0 aliphatic rings. The third kappa shape index (κ3) is 4.36. The normalized spacial score (nSPS) is 12.0. The van der Waals surface area contributed by atoms with Crippen molar-refractivity contribution in [2.75, 3.05) is 5.32 Å². The Kier molecular flexibility index (Phi) is 5.80. The molecule has 0 spiro atoms. The molecule has 5 nitrogen and oxygen atoms in total. The Labute approximate surface area is 160 Å². The summed E-state index contributed by atoms with van der Waals surface area (Å²) in [6.07, 6.45) is 0. The Morgan fingerprint density at radius 1 is 1.04 bits per heavy atom. The van der Waals surface area contributed by atoms with E-state index in [2.05, 4.69) is 15.6 Å². The minimum Gasteiger partial charge on any atom is -0.339 e. The number of hydrogen-bond donors (Lipinski definition) is 2. The van der Waals surface area contributed by atoms with E-state index in [1.807, 2.05) is 61.0 Å². The summed E-state index contributed by atoms with van der Waals surface area (Å²) in [6, 6.07) is 12.7. The van der Waals surface area contributed by atoms with Crippen LogP contribution in [0.1, 0.15) is 23.5 Å². The van der Waals surface area contributed by atoms with Gasteiger partial charge in [0.1, 0.15) is 6.04 Å². The predicted octanol–water partition coefficient (Wildman–Crippen LogP) is 4.26. The van der Waals surface area contributed by atoms with E-state index in [1.165, 1.54) is 22.7 Å². The lowest BCUT2D eigenvalue weighted by molar-refractivity contribution is -0.118. The van der Waals surface area contributed by atoms with Crippen molar-refractivity contribution in [3.8, 4) is 11.3 Å². The van der Waals surface area contributed by atoms with Crippen molar-refractivity contribution in [1.29, 1.82) is 0 Å². The summed E-state index contributed by atoms with van der Waals surface area (Å²) in [6.45, 7) is 3.80. The predicted molar refractivity (Wildman–Crippen MR) is 107 cm³/mol. The number of carbonyl (C=O) groups excluding carboxylic acids is 2. The molecule has 3 rings (SSSR count). The van der Waals surface area contributed by atoms with E-state index >= 15 is 0 Å². The van der Waals surface area contributed by atoms with Crippen molar-refractivity contribution in [3.05, 3.63) is 58.1 Å². The number of rotatable bonds is 6. The van der Waals surface area contributed by atoms with Gasteiger partial charge in [-0.3, -0.25) is 9.59 Å². The number of benzene rings is 1. The van der Waals surface area contributed by atoms with E-state index in [0.717, 1.165) is 11.3 Å². The zero-order valence-electron chi connectivity index (χ0n) is 14.4. The maximum Gasteiger partial charge on any atom is 0.262 e. The van der Waals surface area contributed by atoms with Crippen molar-refractivity contribution in [2.24, 2.45) is 5.92 Å². The second kappa shape index (κ2) is 8.25. The summed E-state index contributed by atoms with van der Waals surface area (Å²) in [5.41, 5.74) is 1.81. The molecule has 0 radical (unpaired) electrons. The van der Waals surface area contributed by atoms with Crippen LogP contribution in [0.3, 0.4) is 0 Å².